The Balaban J connectivity index is 2.09. The standard InChI is InChI=1S/C12H11ClN4O/c1-6-4-10(16-15-6)17-5-7-8(13)2-3-9(14)11(7)12(17)18/h2-4H,5,14H2,1H3,(H,15,16). The highest BCUT2D eigenvalue weighted by molar-refractivity contribution is 6.33. The molecule has 1 aromatic carbocycles. The van der Waals surface area contributed by atoms with Gasteiger partial charge in [-0.3, -0.25) is 14.8 Å². The van der Waals surface area contributed by atoms with Gasteiger partial charge in [0.2, 0.25) is 0 Å². The Hall–Kier alpha value is -2.01. The number of aromatic nitrogens is 2. The van der Waals surface area contributed by atoms with Crippen molar-refractivity contribution in [3.63, 3.8) is 0 Å². The lowest BCUT2D eigenvalue weighted by Gasteiger charge is -2.11. The van der Waals surface area contributed by atoms with E-state index in [-0.39, 0.29) is 5.91 Å². The molecule has 1 aliphatic rings. The molecule has 0 unspecified atom stereocenters. The maximum absolute atomic E-state index is 12.3. The summed E-state index contributed by atoms with van der Waals surface area (Å²) in [6.45, 7) is 2.29. The van der Waals surface area contributed by atoms with Gasteiger partial charge in [0, 0.05) is 28.0 Å². The van der Waals surface area contributed by atoms with Crippen LogP contribution in [0.15, 0.2) is 18.2 Å². The number of H-pyrrole nitrogens is 1. The zero-order chi connectivity index (χ0) is 12.9. The van der Waals surface area contributed by atoms with E-state index in [9.17, 15) is 4.79 Å². The maximum Gasteiger partial charge on any atom is 0.262 e. The normalized spacial score (nSPS) is 14.1. The summed E-state index contributed by atoms with van der Waals surface area (Å²) in [6, 6.07) is 5.18. The zero-order valence-electron chi connectivity index (χ0n) is 9.70. The van der Waals surface area contributed by atoms with Crippen molar-refractivity contribution in [2.45, 2.75) is 13.5 Å². The first-order chi connectivity index (χ1) is 8.58. The number of rotatable bonds is 1. The van der Waals surface area contributed by atoms with Crippen molar-refractivity contribution < 1.29 is 4.79 Å². The Morgan fingerprint density at radius 2 is 2.28 bits per heavy atom. The molecule has 0 saturated heterocycles. The molecule has 3 N–H and O–H groups in total. The van der Waals surface area contributed by atoms with Crippen molar-refractivity contribution in [3.8, 4) is 0 Å². The number of halogens is 1. The molecule has 0 atom stereocenters. The average Bonchev–Trinajstić information content (AvgIpc) is 2.89. The van der Waals surface area contributed by atoms with E-state index in [2.05, 4.69) is 10.2 Å². The van der Waals surface area contributed by atoms with E-state index < -0.39 is 0 Å². The van der Waals surface area contributed by atoms with Gasteiger partial charge >= 0.3 is 0 Å². The quantitative estimate of drug-likeness (QED) is 0.773. The number of benzene rings is 1. The van der Waals surface area contributed by atoms with Gasteiger partial charge in [0.25, 0.3) is 5.91 Å². The Morgan fingerprint density at radius 1 is 1.50 bits per heavy atom. The summed E-state index contributed by atoms with van der Waals surface area (Å²) in [4.78, 5) is 13.9. The first-order valence-corrected chi connectivity index (χ1v) is 5.86. The van der Waals surface area contributed by atoms with Crippen LogP contribution < -0.4 is 10.6 Å². The lowest BCUT2D eigenvalue weighted by molar-refractivity contribution is 0.0996. The fraction of sp³-hybridized carbons (Fsp3) is 0.167. The summed E-state index contributed by atoms with van der Waals surface area (Å²) in [5, 5.41) is 7.46. The van der Waals surface area contributed by atoms with Crippen LogP contribution in [-0.2, 0) is 6.54 Å². The van der Waals surface area contributed by atoms with Crippen molar-refractivity contribution in [1.29, 1.82) is 0 Å². The molecule has 5 nitrogen and oxygen atoms in total. The topological polar surface area (TPSA) is 75.0 Å². The second-order valence-electron chi connectivity index (χ2n) is 4.29. The molecule has 0 aliphatic carbocycles. The van der Waals surface area contributed by atoms with E-state index in [0.29, 0.717) is 28.6 Å². The number of amides is 1. The number of nitrogens with zero attached hydrogens (tertiary/aromatic N) is 2. The van der Waals surface area contributed by atoms with E-state index in [1.807, 2.05) is 13.0 Å². The number of anilines is 2. The molecule has 3 rings (SSSR count). The fourth-order valence-electron chi connectivity index (χ4n) is 2.14. The Labute approximate surface area is 109 Å². The first-order valence-electron chi connectivity index (χ1n) is 5.48. The predicted molar refractivity (Wildman–Crippen MR) is 69.7 cm³/mol. The summed E-state index contributed by atoms with van der Waals surface area (Å²) < 4.78 is 0. The fourth-order valence-corrected chi connectivity index (χ4v) is 2.36. The molecule has 1 aliphatic heterocycles. The van der Waals surface area contributed by atoms with E-state index in [1.165, 1.54) is 0 Å². The van der Waals surface area contributed by atoms with Crippen LogP contribution in [0.1, 0.15) is 21.6 Å². The summed E-state index contributed by atoms with van der Waals surface area (Å²) >= 11 is 6.10. The van der Waals surface area contributed by atoms with Gasteiger partial charge in [0.05, 0.1) is 12.1 Å². The predicted octanol–water partition coefficient (Wildman–Crippen LogP) is 2.11. The molecular formula is C12H11ClN4O. The van der Waals surface area contributed by atoms with E-state index >= 15 is 0 Å². The summed E-state index contributed by atoms with van der Waals surface area (Å²) in [5.41, 5.74) is 8.45. The SMILES string of the molecule is Cc1cc(N2Cc3c(Cl)ccc(N)c3C2=O)n[nH]1. The average molecular weight is 263 g/mol. The molecule has 0 spiro atoms. The minimum absolute atomic E-state index is 0.156. The highest BCUT2D eigenvalue weighted by atomic mass is 35.5. The Morgan fingerprint density at radius 3 is 2.89 bits per heavy atom. The number of nitrogens with one attached hydrogen (secondary N) is 1. The van der Waals surface area contributed by atoms with Crippen LogP contribution >= 0.6 is 11.6 Å². The molecular weight excluding hydrogens is 252 g/mol. The number of nitrogens with two attached hydrogens (primary N) is 1. The van der Waals surface area contributed by atoms with Crippen molar-refractivity contribution in [1.82, 2.24) is 10.2 Å². The van der Waals surface area contributed by atoms with Crippen LogP contribution in [-0.4, -0.2) is 16.1 Å². The third kappa shape index (κ3) is 1.48. The number of carbonyl (C=O) groups is 1. The lowest BCUT2D eigenvalue weighted by Crippen LogP contribution is -2.23. The van der Waals surface area contributed by atoms with Gasteiger partial charge in [0.15, 0.2) is 5.82 Å². The van der Waals surface area contributed by atoms with Crippen LogP contribution in [0.2, 0.25) is 5.02 Å². The Kier molecular flexibility index (Phi) is 2.31. The summed E-state index contributed by atoms with van der Waals surface area (Å²) in [6.07, 6.45) is 0. The van der Waals surface area contributed by atoms with Crippen molar-refractivity contribution >= 4 is 29.0 Å². The van der Waals surface area contributed by atoms with Gasteiger partial charge in [-0.1, -0.05) is 11.6 Å². The van der Waals surface area contributed by atoms with Crippen molar-refractivity contribution in [2.24, 2.45) is 0 Å². The largest absolute Gasteiger partial charge is 0.398 e. The second kappa shape index (κ2) is 3.74. The molecule has 2 heterocycles. The number of aromatic amines is 1. The summed E-state index contributed by atoms with van der Waals surface area (Å²) in [5.74, 6) is 0.431. The molecule has 0 radical (unpaired) electrons. The van der Waals surface area contributed by atoms with E-state index in [4.69, 9.17) is 17.3 Å². The maximum atomic E-state index is 12.3. The number of fused-ring (bicyclic) bond motifs is 1. The van der Waals surface area contributed by atoms with Gasteiger partial charge < -0.3 is 5.73 Å². The molecule has 0 bridgehead atoms. The molecule has 6 heteroatoms. The number of hydrogen-bond acceptors (Lipinski definition) is 3. The molecule has 0 fully saturated rings. The lowest BCUT2D eigenvalue weighted by atomic mass is 10.1. The van der Waals surface area contributed by atoms with E-state index in [1.54, 1.807) is 17.0 Å². The third-order valence-electron chi connectivity index (χ3n) is 3.03. The van der Waals surface area contributed by atoms with Crippen LogP contribution in [0.5, 0.6) is 0 Å². The van der Waals surface area contributed by atoms with Gasteiger partial charge in [-0.2, -0.15) is 5.10 Å². The third-order valence-corrected chi connectivity index (χ3v) is 3.39. The number of carbonyl (C=O) groups excluding carboxylic acids is 1. The molecule has 1 amide bonds. The molecule has 1 aromatic heterocycles. The van der Waals surface area contributed by atoms with Gasteiger partial charge in [0.1, 0.15) is 0 Å². The van der Waals surface area contributed by atoms with Crippen molar-refractivity contribution in [3.05, 3.63) is 40.0 Å². The number of aryl methyl sites for hydroxylation is 1. The minimum Gasteiger partial charge on any atom is -0.398 e. The van der Waals surface area contributed by atoms with Crippen LogP contribution in [0, 0.1) is 6.92 Å². The van der Waals surface area contributed by atoms with Crippen LogP contribution in [0.4, 0.5) is 11.5 Å². The van der Waals surface area contributed by atoms with Crippen LogP contribution in [0.25, 0.3) is 0 Å². The minimum atomic E-state index is -0.156. The monoisotopic (exact) mass is 262 g/mol. The first kappa shape index (κ1) is 11.1. The molecule has 2 aromatic rings. The molecule has 0 saturated carbocycles. The smallest absolute Gasteiger partial charge is 0.262 e. The van der Waals surface area contributed by atoms with Gasteiger partial charge in [-0.25, -0.2) is 0 Å². The number of nitrogen functional groups attached to an aromatic ring is 1. The van der Waals surface area contributed by atoms with Gasteiger partial charge in [-0.05, 0) is 19.1 Å². The summed E-state index contributed by atoms with van der Waals surface area (Å²) in [7, 11) is 0. The molecule has 18 heavy (non-hydrogen) atoms. The zero-order valence-corrected chi connectivity index (χ0v) is 10.5. The highest BCUT2D eigenvalue weighted by Gasteiger charge is 2.33. The van der Waals surface area contributed by atoms with E-state index in [0.717, 1.165) is 11.3 Å². The van der Waals surface area contributed by atoms with Crippen LogP contribution in [0.3, 0.4) is 0 Å². The highest BCUT2D eigenvalue weighted by Crippen LogP contribution is 2.35. The second-order valence-corrected chi connectivity index (χ2v) is 4.70. The molecule has 92 valence electrons. The Bertz CT molecular complexity index is 650. The van der Waals surface area contributed by atoms with Gasteiger partial charge in [-0.15, -0.1) is 0 Å². The van der Waals surface area contributed by atoms with Crippen molar-refractivity contribution in [2.75, 3.05) is 10.6 Å². The number of hydrogen-bond donors (Lipinski definition) is 2.